The van der Waals surface area contributed by atoms with E-state index in [1.807, 2.05) is 0 Å². The van der Waals surface area contributed by atoms with Gasteiger partial charge in [0.25, 0.3) is 0 Å². The first-order valence-electron chi connectivity index (χ1n) is 6.24. The summed E-state index contributed by atoms with van der Waals surface area (Å²) in [5.41, 5.74) is 0.878. The summed E-state index contributed by atoms with van der Waals surface area (Å²) >= 11 is 0. The van der Waals surface area contributed by atoms with E-state index in [-0.39, 0.29) is 0 Å². The van der Waals surface area contributed by atoms with Crippen molar-refractivity contribution < 1.29 is 14.8 Å². The molecule has 0 aliphatic carbocycles. The van der Waals surface area contributed by atoms with Crippen molar-refractivity contribution >= 4 is 6.29 Å². The van der Waals surface area contributed by atoms with Crippen molar-refractivity contribution in [2.24, 2.45) is 0 Å². The molecule has 0 bridgehead atoms. The smallest absolute Gasteiger partial charge is 0.233 e. The minimum atomic E-state index is -1.13. The Labute approximate surface area is 126 Å². The zero-order chi connectivity index (χ0) is 16.5. The largest absolute Gasteiger partial charge is 0.381 e. The second kappa shape index (κ2) is 8.47. The zero-order valence-electron chi connectivity index (χ0n) is 12.1. The maximum atomic E-state index is 10.1. The molecule has 0 radical (unpaired) electrons. The highest BCUT2D eigenvalue weighted by atomic mass is 16.6. The topological polar surface area (TPSA) is 132 Å². The molecule has 2 aromatic heterocycles. The zero-order valence-corrected chi connectivity index (χ0v) is 12.1. The van der Waals surface area contributed by atoms with Gasteiger partial charge in [-0.2, -0.15) is 0 Å². The van der Waals surface area contributed by atoms with Crippen LogP contribution in [-0.2, 0) is 0 Å². The van der Waals surface area contributed by atoms with Gasteiger partial charge in [-0.05, 0) is 13.8 Å². The quantitative estimate of drug-likeness (QED) is 0.495. The van der Waals surface area contributed by atoms with Gasteiger partial charge in [0.05, 0.1) is 5.56 Å². The van der Waals surface area contributed by atoms with Crippen LogP contribution in [0.4, 0.5) is 0 Å². The van der Waals surface area contributed by atoms with Gasteiger partial charge in [0.15, 0.2) is 6.29 Å². The average Bonchev–Trinajstić information content (AvgIpc) is 2.48. The van der Waals surface area contributed by atoms with Gasteiger partial charge in [0, 0.05) is 35.3 Å². The van der Waals surface area contributed by atoms with Crippen LogP contribution in [0, 0.1) is 24.0 Å². The van der Waals surface area contributed by atoms with Gasteiger partial charge >= 0.3 is 0 Å². The fraction of sp³-hybridized carbons (Fsp3) is 0.308. The fourth-order valence-electron chi connectivity index (χ4n) is 1.28. The van der Waals surface area contributed by atoms with Gasteiger partial charge in [-0.1, -0.05) is 0 Å². The first-order chi connectivity index (χ1) is 10.4. The van der Waals surface area contributed by atoms with Crippen LogP contribution >= 0.6 is 0 Å². The molecule has 22 heavy (non-hydrogen) atoms. The summed E-state index contributed by atoms with van der Waals surface area (Å²) in [5, 5.41) is 19.3. The third-order valence-electron chi connectivity index (χ3n) is 2.44. The Kier molecular flexibility index (Phi) is 6.64. The number of nitrogens with zero attached hydrogens (tertiary/aromatic N) is 5. The van der Waals surface area contributed by atoms with Crippen molar-refractivity contribution in [2.75, 3.05) is 6.54 Å². The maximum Gasteiger partial charge on any atom is 0.233 e. The number of nitro groups is 1. The fourth-order valence-corrected chi connectivity index (χ4v) is 1.28. The van der Waals surface area contributed by atoms with Gasteiger partial charge in [0.2, 0.25) is 6.54 Å². The van der Waals surface area contributed by atoms with Crippen LogP contribution < -0.4 is 0 Å². The molecule has 0 amide bonds. The minimum Gasteiger partial charge on any atom is -0.381 e. The molecule has 2 aromatic rings. The Morgan fingerprint density at radius 3 is 2.00 bits per heavy atom. The molecule has 2 rings (SSSR count). The molecule has 0 aliphatic rings. The maximum absolute atomic E-state index is 10.1. The van der Waals surface area contributed by atoms with E-state index in [1.165, 1.54) is 24.8 Å². The summed E-state index contributed by atoms with van der Waals surface area (Å²) in [4.78, 5) is 34.8. The Bertz CT molecular complexity index is 615. The summed E-state index contributed by atoms with van der Waals surface area (Å²) in [6.45, 7) is 2.95. The molecule has 9 heteroatoms. The van der Waals surface area contributed by atoms with Crippen molar-refractivity contribution in [1.82, 2.24) is 19.9 Å². The van der Waals surface area contributed by atoms with Crippen molar-refractivity contribution in [3.63, 3.8) is 0 Å². The van der Waals surface area contributed by atoms with Crippen molar-refractivity contribution in [3.05, 3.63) is 57.7 Å². The molecule has 9 nitrogen and oxygen atoms in total. The number of hydrogen-bond donors (Lipinski definition) is 1. The van der Waals surface area contributed by atoms with E-state index in [0.717, 1.165) is 6.29 Å². The standard InChI is InChI=1S/C7H9N3O3.C6H6N2O/c1-5-8-2-6(3-9-5)7(11)4-10(12)13;1-5-7-2-6(4-9)3-8-5/h2-3,7,11H,4H2,1H3;2-4H,1H3. The van der Waals surface area contributed by atoms with Crippen molar-refractivity contribution in [3.8, 4) is 0 Å². The van der Waals surface area contributed by atoms with Crippen LogP contribution in [0.5, 0.6) is 0 Å². The Morgan fingerprint density at radius 1 is 1.14 bits per heavy atom. The molecule has 1 unspecified atom stereocenters. The molecule has 1 atom stereocenters. The number of aliphatic hydroxyl groups is 1. The van der Waals surface area contributed by atoms with Gasteiger partial charge < -0.3 is 5.11 Å². The summed E-state index contributed by atoms with van der Waals surface area (Å²) in [6.07, 6.45) is 5.35. The van der Waals surface area contributed by atoms with Crippen LogP contribution in [0.2, 0.25) is 0 Å². The lowest BCUT2D eigenvalue weighted by Gasteiger charge is -2.04. The van der Waals surface area contributed by atoms with Gasteiger partial charge in [-0.15, -0.1) is 0 Å². The van der Waals surface area contributed by atoms with Crippen molar-refractivity contribution in [2.45, 2.75) is 20.0 Å². The molecular weight excluding hydrogens is 290 g/mol. The molecule has 0 saturated heterocycles. The van der Waals surface area contributed by atoms with Crippen LogP contribution in [-0.4, -0.2) is 42.8 Å². The Hall–Kier alpha value is -2.81. The monoisotopic (exact) mass is 305 g/mol. The van der Waals surface area contributed by atoms with E-state index in [2.05, 4.69) is 19.9 Å². The van der Waals surface area contributed by atoms with E-state index in [1.54, 1.807) is 13.8 Å². The first-order valence-corrected chi connectivity index (χ1v) is 6.24. The van der Waals surface area contributed by atoms with E-state index >= 15 is 0 Å². The average molecular weight is 305 g/mol. The summed E-state index contributed by atoms with van der Waals surface area (Å²) in [5.74, 6) is 1.25. The molecule has 0 saturated carbocycles. The highest BCUT2D eigenvalue weighted by molar-refractivity contribution is 5.73. The van der Waals surface area contributed by atoms with Crippen LogP contribution in [0.3, 0.4) is 0 Å². The second-order valence-corrected chi connectivity index (χ2v) is 4.28. The predicted molar refractivity (Wildman–Crippen MR) is 75.7 cm³/mol. The molecule has 0 aromatic carbocycles. The van der Waals surface area contributed by atoms with E-state index in [4.69, 9.17) is 0 Å². The summed E-state index contributed by atoms with van der Waals surface area (Å²) < 4.78 is 0. The van der Waals surface area contributed by atoms with Crippen LogP contribution in [0.1, 0.15) is 33.7 Å². The highest BCUT2D eigenvalue weighted by Gasteiger charge is 2.14. The molecule has 1 N–H and O–H groups in total. The summed E-state index contributed by atoms with van der Waals surface area (Å²) in [6, 6.07) is 0. The lowest BCUT2D eigenvalue weighted by atomic mass is 10.2. The number of rotatable bonds is 4. The van der Waals surface area contributed by atoms with Gasteiger partial charge in [0.1, 0.15) is 17.8 Å². The van der Waals surface area contributed by atoms with Gasteiger partial charge in [-0.25, -0.2) is 19.9 Å². The number of aldehydes is 1. The number of aliphatic hydroxyl groups excluding tert-OH is 1. The normalized spacial score (nSPS) is 11.0. The highest BCUT2D eigenvalue weighted by Crippen LogP contribution is 2.09. The predicted octanol–water partition coefficient (Wildman–Crippen LogP) is 0.693. The number of aryl methyl sites for hydroxylation is 2. The first kappa shape index (κ1) is 17.2. The van der Waals surface area contributed by atoms with E-state index in [9.17, 15) is 20.0 Å². The van der Waals surface area contributed by atoms with Gasteiger partial charge in [-0.3, -0.25) is 14.9 Å². The third-order valence-corrected chi connectivity index (χ3v) is 2.44. The second-order valence-electron chi connectivity index (χ2n) is 4.28. The van der Waals surface area contributed by atoms with Crippen molar-refractivity contribution in [1.29, 1.82) is 0 Å². The third kappa shape index (κ3) is 6.09. The molecule has 2 heterocycles. The Morgan fingerprint density at radius 2 is 1.59 bits per heavy atom. The molecule has 0 aliphatic heterocycles. The van der Waals surface area contributed by atoms with Crippen LogP contribution in [0.25, 0.3) is 0 Å². The van der Waals surface area contributed by atoms with E-state index in [0.29, 0.717) is 22.8 Å². The number of carbonyl (C=O) groups excluding carboxylic acids is 1. The Balaban J connectivity index is 0.000000235. The SMILES string of the molecule is Cc1ncc(C(O)C[N+](=O)[O-])cn1.Cc1ncc(C=O)cn1. The number of carbonyl (C=O) groups is 1. The summed E-state index contributed by atoms with van der Waals surface area (Å²) in [7, 11) is 0. The minimum absolute atomic E-state index is 0.363. The number of aromatic nitrogens is 4. The van der Waals surface area contributed by atoms with E-state index < -0.39 is 17.6 Å². The lowest BCUT2D eigenvalue weighted by Crippen LogP contribution is -2.12. The molecule has 0 fully saturated rings. The molecule has 0 spiro atoms. The van der Waals surface area contributed by atoms with Crippen LogP contribution in [0.15, 0.2) is 24.8 Å². The lowest BCUT2D eigenvalue weighted by molar-refractivity contribution is -0.491. The number of hydrogen-bond acceptors (Lipinski definition) is 8. The molecular formula is C13H15N5O4. The molecule has 116 valence electrons.